The zero-order valence-electron chi connectivity index (χ0n) is 15.8. The molecule has 1 aliphatic heterocycles. The third-order valence-corrected chi connectivity index (χ3v) is 4.61. The van der Waals surface area contributed by atoms with Crippen molar-refractivity contribution in [1.82, 2.24) is 15.1 Å². The van der Waals surface area contributed by atoms with Crippen molar-refractivity contribution in [2.75, 3.05) is 53.0 Å². The van der Waals surface area contributed by atoms with Crippen LogP contribution in [0.25, 0.3) is 0 Å². The Balaban J connectivity index is 1.85. The molecule has 27 heavy (non-hydrogen) atoms. The molecule has 0 atom stereocenters. The van der Waals surface area contributed by atoms with Gasteiger partial charge in [0.15, 0.2) is 0 Å². The number of nitrogens with one attached hydrogen (secondary N) is 1. The van der Waals surface area contributed by atoms with Gasteiger partial charge in [0.2, 0.25) is 5.91 Å². The first-order chi connectivity index (χ1) is 12.9. The quantitative estimate of drug-likeness (QED) is 0.408. The van der Waals surface area contributed by atoms with Gasteiger partial charge in [-0.15, -0.1) is 0 Å². The fourth-order valence-corrected chi connectivity index (χ4v) is 3.04. The molecule has 9 heteroatoms. The molecule has 0 unspecified atom stereocenters. The molecule has 0 spiro atoms. The lowest BCUT2D eigenvalue weighted by Gasteiger charge is -2.34. The van der Waals surface area contributed by atoms with Crippen LogP contribution in [-0.4, -0.2) is 79.5 Å². The van der Waals surface area contributed by atoms with Crippen LogP contribution in [0.1, 0.15) is 22.3 Å². The number of carbonyl (C=O) groups excluding carboxylic acids is 2. The van der Waals surface area contributed by atoms with Crippen LogP contribution in [0, 0.1) is 17.0 Å². The summed E-state index contributed by atoms with van der Waals surface area (Å²) in [6.45, 7) is 5.22. The first-order valence-electron chi connectivity index (χ1n) is 8.95. The predicted octanol–water partition coefficient (Wildman–Crippen LogP) is 0.814. The fraction of sp³-hybridized carbons (Fsp3) is 0.556. The number of methoxy groups -OCH3 is 1. The molecular weight excluding hydrogens is 352 g/mol. The summed E-state index contributed by atoms with van der Waals surface area (Å²) < 4.78 is 4.94. The lowest BCUT2D eigenvalue weighted by atomic mass is 10.1. The third-order valence-electron chi connectivity index (χ3n) is 4.61. The van der Waals surface area contributed by atoms with Crippen molar-refractivity contribution in [3.8, 4) is 0 Å². The van der Waals surface area contributed by atoms with E-state index in [1.54, 1.807) is 25.0 Å². The zero-order valence-corrected chi connectivity index (χ0v) is 15.8. The van der Waals surface area contributed by atoms with Gasteiger partial charge < -0.3 is 15.0 Å². The topological polar surface area (TPSA) is 105 Å². The first-order valence-corrected chi connectivity index (χ1v) is 8.95. The number of hydrogen-bond donors (Lipinski definition) is 1. The van der Waals surface area contributed by atoms with Gasteiger partial charge in [-0.25, -0.2) is 0 Å². The highest BCUT2D eigenvalue weighted by Crippen LogP contribution is 2.22. The zero-order chi connectivity index (χ0) is 19.8. The van der Waals surface area contributed by atoms with E-state index in [1.807, 2.05) is 4.90 Å². The summed E-state index contributed by atoms with van der Waals surface area (Å²) in [5, 5.41) is 13.9. The average molecular weight is 378 g/mol. The van der Waals surface area contributed by atoms with Gasteiger partial charge in [0.1, 0.15) is 0 Å². The van der Waals surface area contributed by atoms with E-state index >= 15 is 0 Å². The van der Waals surface area contributed by atoms with Crippen LogP contribution in [0.3, 0.4) is 0 Å². The summed E-state index contributed by atoms with van der Waals surface area (Å²) in [7, 11) is 1.62. The number of hydrogen-bond acceptors (Lipinski definition) is 6. The Kier molecular flexibility index (Phi) is 7.68. The second-order valence-electron chi connectivity index (χ2n) is 6.47. The number of amides is 2. The second kappa shape index (κ2) is 9.98. The van der Waals surface area contributed by atoms with Gasteiger partial charge in [0.05, 0.1) is 11.5 Å². The third kappa shape index (κ3) is 5.73. The molecule has 148 valence electrons. The Bertz CT molecular complexity index is 686. The van der Waals surface area contributed by atoms with Crippen molar-refractivity contribution in [2.24, 2.45) is 0 Å². The maximum Gasteiger partial charge on any atom is 0.273 e. The van der Waals surface area contributed by atoms with E-state index in [-0.39, 0.29) is 17.5 Å². The maximum absolute atomic E-state index is 12.7. The predicted molar refractivity (Wildman–Crippen MR) is 99.7 cm³/mol. The van der Waals surface area contributed by atoms with Crippen molar-refractivity contribution in [3.05, 3.63) is 39.4 Å². The SMILES string of the molecule is COCCCNC(=O)CN1CCN(C(=O)c2cccc([N+](=O)[O-])c2C)CC1. The van der Waals surface area contributed by atoms with Crippen LogP contribution in [0.2, 0.25) is 0 Å². The van der Waals surface area contributed by atoms with E-state index in [0.29, 0.717) is 57.0 Å². The van der Waals surface area contributed by atoms with Crippen LogP contribution < -0.4 is 5.32 Å². The van der Waals surface area contributed by atoms with Gasteiger partial charge in [-0.05, 0) is 19.4 Å². The normalized spacial score (nSPS) is 14.8. The van der Waals surface area contributed by atoms with Gasteiger partial charge in [-0.3, -0.25) is 24.6 Å². The number of nitro benzene ring substituents is 1. The number of ether oxygens (including phenoxy) is 1. The molecule has 1 aliphatic rings. The Morgan fingerprint density at radius 2 is 1.96 bits per heavy atom. The molecule has 1 aromatic rings. The summed E-state index contributed by atoms with van der Waals surface area (Å²) in [6, 6.07) is 4.54. The van der Waals surface area contributed by atoms with Gasteiger partial charge >= 0.3 is 0 Å². The molecule has 0 aromatic heterocycles. The summed E-state index contributed by atoms with van der Waals surface area (Å²) in [6.07, 6.45) is 0.771. The minimum Gasteiger partial charge on any atom is -0.385 e. The average Bonchev–Trinajstić information content (AvgIpc) is 2.65. The van der Waals surface area contributed by atoms with E-state index in [0.717, 1.165) is 6.42 Å². The van der Waals surface area contributed by atoms with Crippen molar-refractivity contribution in [3.63, 3.8) is 0 Å². The highest BCUT2D eigenvalue weighted by atomic mass is 16.6. The number of rotatable bonds is 8. The first kappa shape index (κ1) is 20.8. The fourth-order valence-electron chi connectivity index (χ4n) is 3.04. The minimum atomic E-state index is -0.477. The molecule has 0 radical (unpaired) electrons. The van der Waals surface area contributed by atoms with Crippen LogP contribution in [0.15, 0.2) is 18.2 Å². The Morgan fingerprint density at radius 1 is 1.26 bits per heavy atom. The molecule has 1 N–H and O–H groups in total. The molecule has 0 saturated carbocycles. The van der Waals surface area contributed by atoms with Crippen molar-refractivity contribution in [2.45, 2.75) is 13.3 Å². The van der Waals surface area contributed by atoms with Crippen LogP contribution in [-0.2, 0) is 9.53 Å². The monoisotopic (exact) mass is 378 g/mol. The van der Waals surface area contributed by atoms with Crippen LogP contribution >= 0.6 is 0 Å². The molecule has 1 aromatic carbocycles. The van der Waals surface area contributed by atoms with Crippen molar-refractivity contribution >= 4 is 17.5 Å². The summed E-state index contributed by atoms with van der Waals surface area (Å²) in [4.78, 5) is 38.9. The summed E-state index contributed by atoms with van der Waals surface area (Å²) >= 11 is 0. The van der Waals surface area contributed by atoms with E-state index < -0.39 is 4.92 Å². The van der Waals surface area contributed by atoms with Gasteiger partial charge in [-0.2, -0.15) is 0 Å². The van der Waals surface area contributed by atoms with Crippen LogP contribution in [0.5, 0.6) is 0 Å². The van der Waals surface area contributed by atoms with Crippen LogP contribution in [0.4, 0.5) is 5.69 Å². The molecular formula is C18H26N4O5. The molecule has 1 fully saturated rings. The highest BCUT2D eigenvalue weighted by molar-refractivity contribution is 5.96. The van der Waals surface area contributed by atoms with E-state index in [4.69, 9.17) is 4.74 Å². The molecule has 2 rings (SSSR count). The highest BCUT2D eigenvalue weighted by Gasteiger charge is 2.26. The Hall–Kier alpha value is -2.52. The molecule has 1 heterocycles. The summed E-state index contributed by atoms with van der Waals surface area (Å²) in [5.41, 5.74) is 0.684. The minimum absolute atomic E-state index is 0.0413. The second-order valence-corrected chi connectivity index (χ2v) is 6.47. The number of carbonyl (C=O) groups is 2. The molecule has 2 amide bonds. The Labute approximate surface area is 158 Å². The standard InChI is InChI=1S/C18H26N4O5/c1-14-15(5-3-6-16(14)22(25)26)18(24)21-10-8-20(9-11-21)13-17(23)19-7-4-12-27-2/h3,5-6H,4,7-13H2,1-2H3,(H,19,23). The number of nitro groups is 1. The molecule has 1 saturated heterocycles. The Morgan fingerprint density at radius 3 is 2.59 bits per heavy atom. The van der Waals surface area contributed by atoms with E-state index in [1.165, 1.54) is 12.1 Å². The number of benzene rings is 1. The van der Waals surface area contributed by atoms with E-state index in [9.17, 15) is 19.7 Å². The number of piperazine rings is 1. The molecule has 9 nitrogen and oxygen atoms in total. The van der Waals surface area contributed by atoms with Gasteiger partial charge in [-0.1, -0.05) is 6.07 Å². The van der Waals surface area contributed by atoms with Gasteiger partial charge in [0.25, 0.3) is 11.6 Å². The van der Waals surface area contributed by atoms with Gasteiger partial charge in [0, 0.05) is 63.6 Å². The van der Waals surface area contributed by atoms with E-state index in [2.05, 4.69) is 5.32 Å². The smallest absolute Gasteiger partial charge is 0.273 e. The lowest BCUT2D eigenvalue weighted by molar-refractivity contribution is -0.385. The number of nitrogens with zero attached hydrogens (tertiary/aromatic N) is 3. The molecule has 0 aliphatic carbocycles. The summed E-state index contributed by atoms with van der Waals surface area (Å²) in [5.74, 6) is -0.250. The van der Waals surface area contributed by atoms with Crippen molar-refractivity contribution in [1.29, 1.82) is 0 Å². The maximum atomic E-state index is 12.7. The van der Waals surface area contributed by atoms with Crippen molar-refractivity contribution < 1.29 is 19.2 Å². The lowest BCUT2D eigenvalue weighted by Crippen LogP contribution is -2.51. The molecule has 0 bridgehead atoms. The largest absolute Gasteiger partial charge is 0.385 e.